The number of benzene rings is 2. The van der Waals surface area contributed by atoms with Gasteiger partial charge in [-0.15, -0.1) is 0 Å². The molecule has 6 nitrogen and oxygen atoms in total. The minimum Gasteiger partial charge on any atom is -0.494 e. The Labute approximate surface area is 159 Å². The molecule has 0 saturated carbocycles. The molecule has 0 aromatic heterocycles. The van der Waals surface area contributed by atoms with Gasteiger partial charge in [-0.05, 0) is 56.7 Å². The van der Waals surface area contributed by atoms with Crippen LogP contribution in [0.2, 0.25) is 0 Å². The van der Waals surface area contributed by atoms with Crippen LogP contribution in [0.15, 0.2) is 42.5 Å². The Morgan fingerprint density at radius 2 is 1.89 bits per heavy atom. The van der Waals surface area contributed by atoms with Crippen LogP contribution >= 0.6 is 0 Å². The van der Waals surface area contributed by atoms with Crippen molar-refractivity contribution in [2.75, 3.05) is 23.9 Å². The Balaban J connectivity index is 1.73. The predicted molar refractivity (Wildman–Crippen MR) is 105 cm³/mol. The van der Waals surface area contributed by atoms with E-state index in [1.54, 1.807) is 54.5 Å². The number of carbonyl (C=O) groups excluding carboxylic acids is 2. The van der Waals surface area contributed by atoms with Crippen molar-refractivity contribution in [3.8, 4) is 11.5 Å². The third-order valence-corrected chi connectivity index (χ3v) is 4.29. The van der Waals surface area contributed by atoms with Crippen molar-refractivity contribution < 1.29 is 19.1 Å². The van der Waals surface area contributed by atoms with Gasteiger partial charge in [0.2, 0.25) is 5.91 Å². The fraction of sp³-hybridized carbons (Fsp3) is 0.333. The molecule has 1 aliphatic rings. The van der Waals surface area contributed by atoms with Crippen molar-refractivity contribution in [1.82, 2.24) is 0 Å². The fourth-order valence-electron chi connectivity index (χ4n) is 3.04. The molecule has 2 aromatic rings. The van der Waals surface area contributed by atoms with Gasteiger partial charge in [-0.25, -0.2) is 0 Å². The molecule has 1 heterocycles. The lowest BCUT2D eigenvalue weighted by Gasteiger charge is -2.19. The van der Waals surface area contributed by atoms with Gasteiger partial charge in [-0.2, -0.15) is 0 Å². The number of hydrogen-bond acceptors (Lipinski definition) is 4. The highest BCUT2D eigenvalue weighted by Gasteiger charge is 2.24. The first-order valence-electron chi connectivity index (χ1n) is 9.04. The number of methoxy groups -OCH3 is 1. The monoisotopic (exact) mass is 368 g/mol. The first-order chi connectivity index (χ1) is 13.0. The van der Waals surface area contributed by atoms with E-state index < -0.39 is 0 Å². The molecule has 0 aliphatic carbocycles. The van der Waals surface area contributed by atoms with E-state index in [0.29, 0.717) is 30.0 Å². The van der Waals surface area contributed by atoms with Crippen molar-refractivity contribution in [1.29, 1.82) is 0 Å². The minimum absolute atomic E-state index is 0.0816. The van der Waals surface area contributed by atoms with Crippen LogP contribution in [-0.2, 0) is 4.79 Å². The van der Waals surface area contributed by atoms with E-state index in [-0.39, 0.29) is 17.9 Å². The van der Waals surface area contributed by atoms with Crippen molar-refractivity contribution in [2.45, 2.75) is 32.8 Å². The van der Waals surface area contributed by atoms with Crippen molar-refractivity contribution >= 4 is 23.2 Å². The summed E-state index contributed by atoms with van der Waals surface area (Å²) in [5.74, 6) is 1.15. The SMILES string of the molecule is COc1cc(NC(=O)c2ccc(OC(C)C)cc2)ccc1N1CCCC1=O. The highest BCUT2D eigenvalue weighted by Crippen LogP contribution is 2.34. The van der Waals surface area contributed by atoms with Gasteiger partial charge in [0.15, 0.2) is 0 Å². The molecule has 6 heteroatoms. The average Bonchev–Trinajstić information content (AvgIpc) is 3.07. The Hall–Kier alpha value is -3.02. The minimum atomic E-state index is -0.224. The Kier molecular flexibility index (Phi) is 5.64. The van der Waals surface area contributed by atoms with Gasteiger partial charge in [-0.1, -0.05) is 0 Å². The van der Waals surface area contributed by atoms with E-state index in [1.165, 1.54) is 0 Å². The molecule has 1 N–H and O–H groups in total. The summed E-state index contributed by atoms with van der Waals surface area (Å²) in [6, 6.07) is 12.3. The molecule has 3 rings (SSSR count). The lowest BCUT2D eigenvalue weighted by molar-refractivity contribution is -0.117. The number of anilines is 2. The quantitative estimate of drug-likeness (QED) is 0.841. The highest BCUT2D eigenvalue weighted by atomic mass is 16.5. The van der Waals surface area contributed by atoms with Crippen LogP contribution in [0.1, 0.15) is 37.0 Å². The molecule has 27 heavy (non-hydrogen) atoms. The molecule has 1 aliphatic heterocycles. The van der Waals surface area contributed by atoms with Gasteiger partial charge < -0.3 is 19.7 Å². The van der Waals surface area contributed by atoms with Gasteiger partial charge in [-0.3, -0.25) is 9.59 Å². The zero-order chi connectivity index (χ0) is 19.4. The van der Waals surface area contributed by atoms with E-state index >= 15 is 0 Å². The maximum atomic E-state index is 12.5. The molecule has 2 amide bonds. The number of hydrogen-bond donors (Lipinski definition) is 1. The van der Waals surface area contributed by atoms with Crippen LogP contribution in [-0.4, -0.2) is 31.6 Å². The number of nitrogens with one attached hydrogen (secondary N) is 1. The van der Waals surface area contributed by atoms with Crippen LogP contribution in [0.5, 0.6) is 11.5 Å². The summed E-state index contributed by atoms with van der Waals surface area (Å²) in [5, 5.41) is 2.86. The molecule has 0 unspecified atom stereocenters. The fourth-order valence-corrected chi connectivity index (χ4v) is 3.04. The normalized spacial score (nSPS) is 13.8. The van der Waals surface area contributed by atoms with Gasteiger partial charge in [0, 0.05) is 30.3 Å². The maximum absolute atomic E-state index is 12.5. The molecule has 0 radical (unpaired) electrons. The summed E-state index contributed by atoms with van der Waals surface area (Å²) in [6.07, 6.45) is 1.48. The lowest BCUT2D eigenvalue weighted by Crippen LogP contribution is -2.24. The van der Waals surface area contributed by atoms with E-state index in [4.69, 9.17) is 9.47 Å². The lowest BCUT2D eigenvalue weighted by atomic mass is 10.2. The van der Waals surface area contributed by atoms with Gasteiger partial charge in [0.25, 0.3) is 5.91 Å². The molecular weight excluding hydrogens is 344 g/mol. The first-order valence-corrected chi connectivity index (χ1v) is 9.04. The first kappa shape index (κ1) is 18.8. The van der Waals surface area contributed by atoms with Gasteiger partial charge in [0.05, 0.1) is 18.9 Å². The topological polar surface area (TPSA) is 67.9 Å². The smallest absolute Gasteiger partial charge is 0.255 e. The summed E-state index contributed by atoms with van der Waals surface area (Å²) < 4.78 is 11.0. The Morgan fingerprint density at radius 1 is 1.15 bits per heavy atom. The van der Waals surface area contributed by atoms with Crippen LogP contribution in [0.3, 0.4) is 0 Å². The van der Waals surface area contributed by atoms with Crippen molar-refractivity contribution in [3.63, 3.8) is 0 Å². The third kappa shape index (κ3) is 4.39. The zero-order valence-corrected chi connectivity index (χ0v) is 15.8. The summed E-state index contributed by atoms with van der Waals surface area (Å²) in [6.45, 7) is 4.59. The molecule has 0 spiro atoms. The van der Waals surface area contributed by atoms with Crippen LogP contribution < -0.4 is 19.7 Å². The van der Waals surface area contributed by atoms with Crippen LogP contribution in [0.4, 0.5) is 11.4 Å². The van der Waals surface area contributed by atoms with E-state index in [2.05, 4.69) is 5.32 Å². The molecule has 1 fully saturated rings. The van der Waals surface area contributed by atoms with Crippen LogP contribution in [0.25, 0.3) is 0 Å². The third-order valence-electron chi connectivity index (χ3n) is 4.29. The number of nitrogens with zero attached hydrogens (tertiary/aromatic N) is 1. The van der Waals surface area contributed by atoms with E-state index in [9.17, 15) is 9.59 Å². The summed E-state index contributed by atoms with van der Waals surface area (Å²) in [7, 11) is 1.55. The number of ether oxygens (including phenoxy) is 2. The molecular formula is C21H24N2O4. The molecule has 142 valence electrons. The summed E-state index contributed by atoms with van der Waals surface area (Å²) >= 11 is 0. The molecule has 1 saturated heterocycles. The van der Waals surface area contributed by atoms with Crippen molar-refractivity contribution in [2.24, 2.45) is 0 Å². The predicted octanol–water partition coefficient (Wildman–Crippen LogP) is 3.86. The largest absolute Gasteiger partial charge is 0.494 e. The standard InChI is InChI=1S/C21H24N2O4/c1-14(2)27-17-9-6-15(7-10-17)21(25)22-16-8-11-18(19(13-16)26-3)23-12-4-5-20(23)24/h6-11,13-14H,4-5,12H2,1-3H3,(H,22,25). The second-order valence-electron chi connectivity index (χ2n) is 6.68. The molecule has 0 bridgehead atoms. The Morgan fingerprint density at radius 3 is 2.48 bits per heavy atom. The molecule has 2 aromatic carbocycles. The number of amides is 2. The second kappa shape index (κ2) is 8.12. The van der Waals surface area contributed by atoms with Gasteiger partial charge >= 0.3 is 0 Å². The highest BCUT2D eigenvalue weighted by molar-refractivity contribution is 6.05. The number of rotatable bonds is 6. The van der Waals surface area contributed by atoms with Crippen LogP contribution in [0, 0.1) is 0 Å². The zero-order valence-electron chi connectivity index (χ0n) is 15.8. The van der Waals surface area contributed by atoms with E-state index in [1.807, 2.05) is 13.8 Å². The number of carbonyl (C=O) groups is 2. The van der Waals surface area contributed by atoms with Gasteiger partial charge in [0.1, 0.15) is 11.5 Å². The Bertz CT molecular complexity index is 831. The summed E-state index contributed by atoms with van der Waals surface area (Å²) in [5.41, 5.74) is 1.87. The van der Waals surface area contributed by atoms with Crippen molar-refractivity contribution in [3.05, 3.63) is 48.0 Å². The summed E-state index contributed by atoms with van der Waals surface area (Å²) in [4.78, 5) is 26.2. The van der Waals surface area contributed by atoms with E-state index in [0.717, 1.165) is 17.9 Å². The average molecular weight is 368 g/mol. The molecule has 0 atom stereocenters. The second-order valence-corrected chi connectivity index (χ2v) is 6.68. The maximum Gasteiger partial charge on any atom is 0.255 e.